The van der Waals surface area contributed by atoms with Crippen LogP contribution >= 0.6 is 23.4 Å². The zero-order chi connectivity index (χ0) is 13.9. The minimum Gasteiger partial charge on any atom is -0.482 e. The molecule has 0 aromatic heterocycles. The van der Waals surface area contributed by atoms with E-state index in [0.29, 0.717) is 16.5 Å². The summed E-state index contributed by atoms with van der Waals surface area (Å²) in [6.45, 7) is 0. The predicted molar refractivity (Wildman–Crippen MR) is 84.4 cm³/mol. The van der Waals surface area contributed by atoms with Crippen LogP contribution in [0.2, 0.25) is 0 Å². The van der Waals surface area contributed by atoms with Gasteiger partial charge in [-0.1, -0.05) is 48.2 Å². The van der Waals surface area contributed by atoms with Crippen LogP contribution in [0.3, 0.4) is 0 Å². The Kier molecular flexibility index (Phi) is 3.99. The minimum absolute atomic E-state index is 0.0114. The fourth-order valence-corrected chi connectivity index (χ4v) is 3.32. The molecule has 0 bridgehead atoms. The molecule has 0 amide bonds. The first-order valence-corrected chi connectivity index (χ1v) is 7.88. The van der Waals surface area contributed by atoms with E-state index in [1.807, 2.05) is 42.5 Å². The smallest absolute Gasteiger partial charge is 0.190 e. The SMILES string of the molecule is O=C(/C=C1/OC(CCl)CS1)c1ccc2ccccc2c1. The van der Waals surface area contributed by atoms with Crippen LogP contribution in [0.25, 0.3) is 10.8 Å². The fourth-order valence-electron chi connectivity index (χ4n) is 2.09. The van der Waals surface area contributed by atoms with Crippen molar-refractivity contribution in [2.45, 2.75) is 6.10 Å². The highest BCUT2D eigenvalue weighted by molar-refractivity contribution is 8.03. The van der Waals surface area contributed by atoms with E-state index < -0.39 is 0 Å². The number of halogens is 1. The van der Waals surface area contributed by atoms with Gasteiger partial charge in [0.15, 0.2) is 10.9 Å². The first-order valence-electron chi connectivity index (χ1n) is 6.36. The van der Waals surface area contributed by atoms with E-state index in [1.54, 1.807) is 6.08 Å². The van der Waals surface area contributed by atoms with E-state index >= 15 is 0 Å². The summed E-state index contributed by atoms with van der Waals surface area (Å²) in [5.74, 6) is 1.22. The summed E-state index contributed by atoms with van der Waals surface area (Å²) in [7, 11) is 0. The Hall–Kier alpha value is -1.45. The van der Waals surface area contributed by atoms with Gasteiger partial charge < -0.3 is 4.74 Å². The number of benzene rings is 2. The summed E-state index contributed by atoms with van der Waals surface area (Å²) in [5, 5.41) is 2.86. The molecule has 2 aromatic carbocycles. The van der Waals surface area contributed by atoms with E-state index in [-0.39, 0.29) is 11.9 Å². The van der Waals surface area contributed by atoms with Gasteiger partial charge in [-0.15, -0.1) is 11.6 Å². The van der Waals surface area contributed by atoms with Gasteiger partial charge in [-0.2, -0.15) is 0 Å². The second kappa shape index (κ2) is 5.90. The zero-order valence-electron chi connectivity index (χ0n) is 10.7. The molecule has 0 spiro atoms. The number of hydrogen-bond donors (Lipinski definition) is 0. The lowest BCUT2D eigenvalue weighted by Crippen LogP contribution is -2.09. The molecule has 1 aliphatic heterocycles. The number of allylic oxidation sites excluding steroid dienone is 1. The Labute approximate surface area is 126 Å². The molecule has 4 heteroatoms. The molecule has 20 heavy (non-hydrogen) atoms. The molecule has 0 N–H and O–H groups in total. The summed E-state index contributed by atoms with van der Waals surface area (Å²) < 4.78 is 5.56. The Morgan fingerprint density at radius 2 is 2.10 bits per heavy atom. The van der Waals surface area contributed by atoms with Gasteiger partial charge in [0.1, 0.15) is 6.10 Å². The predicted octanol–water partition coefficient (Wildman–Crippen LogP) is 4.23. The fraction of sp³-hybridized carbons (Fsp3) is 0.188. The molecule has 1 atom stereocenters. The number of ketones is 1. The number of fused-ring (bicyclic) bond motifs is 1. The molecule has 1 saturated heterocycles. The highest BCUT2D eigenvalue weighted by Gasteiger charge is 2.21. The normalized spacial score (nSPS) is 20.2. The van der Waals surface area contributed by atoms with Crippen molar-refractivity contribution < 1.29 is 9.53 Å². The molecule has 102 valence electrons. The average Bonchev–Trinajstić information content (AvgIpc) is 2.94. The van der Waals surface area contributed by atoms with Crippen LogP contribution < -0.4 is 0 Å². The Bertz CT molecular complexity index is 681. The molecule has 2 nitrogen and oxygen atoms in total. The lowest BCUT2D eigenvalue weighted by Gasteiger charge is -2.04. The van der Waals surface area contributed by atoms with Crippen LogP contribution in [0.15, 0.2) is 53.6 Å². The van der Waals surface area contributed by atoms with E-state index in [9.17, 15) is 4.79 Å². The van der Waals surface area contributed by atoms with Gasteiger partial charge in [-0.05, 0) is 16.8 Å². The third-order valence-corrected chi connectivity index (χ3v) is 4.53. The van der Waals surface area contributed by atoms with Gasteiger partial charge in [-0.3, -0.25) is 4.79 Å². The summed E-state index contributed by atoms with van der Waals surface area (Å²) in [5.41, 5.74) is 0.676. The lowest BCUT2D eigenvalue weighted by atomic mass is 10.0. The van der Waals surface area contributed by atoms with Gasteiger partial charge in [0.25, 0.3) is 0 Å². The van der Waals surface area contributed by atoms with Crippen LogP contribution in [0.4, 0.5) is 0 Å². The first-order chi connectivity index (χ1) is 9.76. The quantitative estimate of drug-likeness (QED) is 0.482. The summed E-state index contributed by atoms with van der Waals surface area (Å²) in [6.07, 6.45) is 1.57. The van der Waals surface area contributed by atoms with Crippen molar-refractivity contribution >= 4 is 39.9 Å². The lowest BCUT2D eigenvalue weighted by molar-refractivity contribution is 0.103. The van der Waals surface area contributed by atoms with Crippen molar-refractivity contribution in [2.24, 2.45) is 0 Å². The van der Waals surface area contributed by atoms with Crippen LogP contribution in [0.1, 0.15) is 10.4 Å². The Morgan fingerprint density at radius 1 is 1.30 bits per heavy atom. The molecule has 0 radical (unpaired) electrons. The number of carbonyl (C=O) groups is 1. The third-order valence-electron chi connectivity index (χ3n) is 3.15. The third kappa shape index (κ3) is 2.84. The maximum atomic E-state index is 12.2. The van der Waals surface area contributed by atoms with E-state index in [0.717, 1.165) is 16.5 Å². The van der Waals surface area contributed by atoms with E-state index in [4.69, 9.17) is 16.3 Å². The second-order valence-corrected chi connectivity index (χ2v) is 5.93. The van der Waals surface area contributed by atoms with Gasteiger partial charge in [0.2, 0.25) is 0 Å². The van der Waals surface area contributed by atoms with Gasteiger partial charge in [0, 0.05) is 17.4 Å². The number of carbonyl (C=O) groups excluding carboxylic acids is 1. The highest BCUT2D eigenvalue weighted by Crippen LogP contribution is 2.30. The number of thioether (sulfide) groups is 1. The van der Waals surface area contributed by atoms with Crippen LogP contribution in [0.5, 0.6) is 0 Å². The molecular formula is C16H13ClO2S. The van der Waals surface area contributed by atoms with Crippen molar-refractivity contribution in [1.82, 2.24) is 0 Å². The zero-order valence-corrected chi connectivity index (χ0v) is 12.3. The first kappa shape index (κ1) is 13.5. The maximum absolute atomic E-state index is 12.2. The van der Waals surface area contributed by atoms with Crippen molar-refractivity contribution in [3.63, 3.8) is 0 Å². The molecular weight excluding hydrogens is 292 g/mol. The van der Waals surface area contributed by atoms with Crippen LogP contribution in [-0.4, -0.2) is 23.5 Å². The van der Waals surface area contributed by atoms with Gasteiger partial charge in [0.05, 0.1) is 5.88 Å². The van der Waals surface area contributed by atoms with Gasteiger partial charge in [-0.25, -0.2) is 0 Å². The van der Waals surface area contributed by atoms with Gasteiger partial charge >= 0.3 is 0 Å². The van der Waals surface area contributed by atoms with E-state index in [1.165, 1.54) is 11.8 Å². The number of rotatable bonds is 3. The van der Waals surface area contributed by atoms with Crippen LogP contribution in [-0.2, 0) is 4.74 Å². The maximum Gasteiger partial charge on any atom is 0.190 e. The number of alkyl halides is 1. The summed E-state index contributed by atoms with van der Waals surface area (Å²) >= 11 is 7.28. The molecule has 1 aliphatic rings. The molecule has 1 unspecified atom stereocenters. The van der Waals surface area contributed by atoms with Crippen molar-refractivity contribution in [1.29, 1.82) is 0 Å². The number of hydrogen-bond acceptors (Lipinski definition) is 3. The highest BCUT2D eigenvalue weighted by atomic mass is 35.5. The standard InChI is InChI=1S/C16H13ClO2S/c17-9-14-10-20-16(19-14)8-15(18)13-6-5-11-3-1-2-4-12(11)7-13/h1-8,14H,9-10H2/b16-8-. The summed E-state index contributed by atoms with van der Waals surface area (Å²) in [4.78, 5) is 12.2. The van der Waals surface area contributed by atoms with Crippen molar-refractivity contribution in [2.75, 3.05) is 11.6 Å². The molecule has 3 rings (SSSR count). The average molecular weight is 305 g/mol. The second-order valence-electron chi connectivity index (χ2n) is 4.59. The molecule has 1 heterocycles. The molecule has 2 aromatic rings. The minimum atomic E-state index is -0.0338. The van der Waals surface area contributed by atoms with E-state index in [2.05, 4.69) is 0 Å². The topological polar surface area (TPSA) is 26.3 Å². The monoisotopic (exact) mass is 304 g/mol. The molecule has 0 saturated carbocycles. The summed E-state index contributed by atoms with van der Waals surface area (Å²) in [6, 6.07) is 13.7. The van der Waals surface area contributed by atoms with Crippen LogP contribution in [0, 0.1) is 0 Å². The molecule has 0 aliphatic carbocycles. The van der Waals surface area contributed by atoms with Crippen molar-refractivity contribution in [3.05, 3.63) is 59.2 Å². The Morgan fingerprint density at radius 3 is 2.85 bits per heavy atom. The van der Waals surface area contributed by atoms with Crippen molar-refractivity contribution in [3.8, 4) is 0 Å². The molecule has 1 fully saturated rings. The number of ether oxygens (including phenoxy) is 1. The Balaban J connectivity index is 1.84. The largest absolute Gasteiger partial charge is 0.482 e.